The second-order valence-electron chi connectivity index (χ2n) is 5.98. The number of halogens is 1. The Morgan fingerprint density at radius 2 is 2.00 bits per heavy atom. The maximum atomic E-state index is 13.1. The molecule has 1 aromatic heterocycles. The zero-order chi connectivity index (χ0) is 21.2. The topological polar surface area (TPSA) is 120 Å². The summed E-state index contributed by atoms with van der Waals surface area (Å²) >= 11 is 3.26. The third-order valence-electron chi connectivity index (χ3n) is 4.05. The molecule has 3 aromatic rings. The van der Waals surface area contributed by atoms with Crippen molar-refractivity contribution in [2.45, 2.75) is 11.8 Å². The van der Waals surface area contributed by atoms with Gasteiger partial charge in [-0.1, -0.05) is 21.1 Å². The van der Waals surface area contributed by atoms with Crippen molar-refractivity contribution in [3.8, 4) is 11.5 Å². The Morgan fingerprint density at radius 1 is 1.24 bits per heavy atom. The normalized spacial score (nSPS) is 11.3. The molecule has 0 saturated heterocycles. The van der Waals surface area contributed by atoms with Gasteiger partial charge in [0.25, 0.3) is 15.9 Å². The maximum Gasteiger partial charge on any atom is 0.265 e. The first kappa shape index (κ1) is 20.9. The molecule has 154 valence electrons. The molecule has 11 heteroatoms. The second-order valence-corrected chi connectivity index (χ2v) is 8.54. The molecule has 0 bridgehead atoms. The van der Waals surface area contributed by atoms with Crippen LogP contribution in [0.5, 0.6) is 11.5 Å². The molecule has 2 aromatic carbocycles. The van der Waals surface area contributed by atoms with E-state index in [2.05, 4.69) is 31.1 Å². The first-order valence-corrected chi connectivity index (χ1v) is 10.6. The molecule has 0 atom stereocenters. The number of hydrogen-bond donors (Lipinski definition) is 2. The van der Waals surface area contributed by atoms with Crippen molar-refractivity contribution in [1.82, 2.24) is 10.5 Å². The molecule has 9 nitrogen and oxygen atoms in total. The number of rotatable bonds is 7. The number of likely N-dealkylation sites (N-methyl/N-ethyl adjacent to an activating group) is 1. The molecule has 0 aliphatic rings. The third-order valence-corrected chi connectivity index (χ3v) is 5.93. The van der Waals surface area contributed by atoms with Gasteiger partial charge < -0.3 is 19.3 Å². The highest BCUT2D eigenvalue weighted by molar-refractivity contribution is 9.10. The van der Waals surface area contributed by atoms with Gasteiger partial charge in [-0.15, -0.1) is 0 Å². The van der Waals surface area contributed by atoms with E-state index in [4.69, 9.17) is 14.0 Å². The van der Waals surface area contributed by atoms with Crippen LogP contribution in [0.4, 0.5) is 5.69 Å². The van der Waals surface area contributed by atoms with E-state index >= 15 is 0 Å². The van der Waals surface area contributed by atoms with Crippen LogP contribution in [0.3, 0.4) is 0 Å². The monoisotopic (exact) mass is 483 g/mol. The molecule has 0 saturated carbocycles. The number of aryl methyl sites for hydroxylation is 1. The predicted molar refractivity (Wildman–Crippen MR) is 110 cm³/mol. The number of ether oxygens (including phenoxy) is 2. The minimum absolute atomic E-state index is 0.0329. The summed E-state index contributed by atoms with van der Waals surface area (Å²) in [4.78, 5) is 11.3. The Labute approximate surface area is 175 Å². The molecular weight excluding hydrogens is 466 g/mol. The van der Waals surface area contributed by atoms with Crippen molar-refractivity contribution in [2.75, 3.05) is 25.5 Å². The van der Waals surface area contributed by atoms with Gasteiger partial charge in [0, 0.05) is 23.0 Å². The average Bonchev–Trinajstić information content (AvgIpc) is 3.05. The van der Waals surface area contributed by atoms with Crippen molar-refractivity contribution < 1.29 is 27.2 Å². The van der Waals surface area contributed by atoms with Gasteiger partial charge in [0.1, 0.15) is 16.4 Å². The molecule has 0 aliphatic carbocycles. The Bertz CT molecular complexity index is 1180. The number of carbonyl (C=O) groups excluding carboxylic acids is 1. The van der Waals surface area contributed by atoms with Crippen LogP contribution in [0.2, 0.25) is 0 Å². The molecule has 3 rings (SSSR count). The van der Waals surface area contributed by atoms with Crippen LogP contribution in [0.15, 0.2) is 44.2 Å². The fraction of sp³-hybridized carbons (Fsp3) is 0.222. The Morgan fingerprint density at radius 3 is 2.69 bits per heavy atom. The first-order chi connectivity index (χ1) is 13.7. The molecule has 0 fully saturated rings. The van der Waals surface area contributed by atoms with Crippen molar-refractivity contribution in [2.24, 2.45) is 0 Å². The summed E-state index contributed by atoms with van der Waals surface area (Å²) in [6.45, 7) is 1.42. The predicted octanol–water partition coefficient (Wildman–Crippen LogP) is 2.83. The summed E-state index contributed by atoms with van der Waals surface area (Å²) < 4.78 is 45.1. The molecular formula is C18H18BrN3O6S. The Kier molecular flexibility index (Phi) is 5.99. The van der Waals surface area contributed by atoms with Crippen LogP contribution >= 0.6 is 15.9 Å². The van der Waals surface area contributed by atoms with Crippen LogP contribution in [0.1, 0.15) is 5.69 Å². The van der Waals surface area contributed by atoms with E-state index in [0.717, 1.165) is 0 Å². The number of nitrogens with zero attached hydrogens (tertiary/aromatic N) is 1. The van der Waals surface area contributed by atoms with E-state index in [1.54, 1.807) is 25.1 Å². The van der Waals surface area contributed by atoms with Crippen LogP contribution in [0, 0.1) is 6.92 Å². The maximum absolute atomic E-state index is 13.1. The Balaban J connectivity index is 2.01. The number of benzene rings is 2. The van der Waals surface area contributed by atoms with E-state index in [-0.39, 0.29) is 34.6 Å². The number of amides is 1. The third kappa shape index (κ3) is 4.46. The lowest BCUT2D eigenvalue weighted by Crippen LogP contribution is -2.25. The number of hydrogen-bond acceptors (Lipinski definition) is 7. The van der Waals surface area contributed by atoms with Crippen molar-refractivity contribution in [3.63, 3.8) is 0 Å². The van der Waals surface area contributed by atoms with E-state index in [1.807, 2.05) is 0 Å². The first-order valence-electron chi connectivity index (χ1n) is 8.35. The minimum atomic E-state index is -4.09. The van der Waals surface area contributed by atoms with E-state index in [0.29, 0.717) is 21.1 Å². The van der Waals surface area contributed by atoms with Crippen LogP contribution in [-0.2, 0) is 14.8 Å². The molecule has 0 spiro atoms. The van der Waals surface area contributed by atoms with Gasteiger partial charge in [0.2, 0.25) is 0 Å². The van der Waals surface area contributed by atoms with E-state index in [1.165, 1.54) is 26.3 Å². The van der Waals surface area contributed by atoms with Gasteiger partial charge in [-0.3, -0.25) is 9.52 Å². The van der Waals surface area contributed by atoms with Crippen molar-refractivity contribution >= 4 is 48.5 Å². The Hall–Kier alpha value is -2.79. The molecule has 0 aliphatic heterocycles. The zero-order valence-corrected chi connectivity index (χ0v) is 18.2. The minimum Gasteiger partial charge on any atom is -0.494 e. The molecule has 0 unspecified atom stereocenters. The highest BCUT2D eigenvalue weighted by Gasteiger charge is 2.23. The SMILES string of the molecule is CNC(=O)COc1ccc(Br)cc1S(=O)(=O)Nc1cc2c(C)noc2cc1OC. The summed E-state index contributed by atoms with van der Waals surface area (Å²) in [7, 11) is -1.21. The highest BCUT2D eigenvalue weighted by atomic mass is 79.9. The van der Waals surface area contributed by atoms with Crippen LogP contribution in [-0.4, -0.2) is 40.2 Å². The summed E-state index contributed by atoms with van der Waals surface area (Å²) in [5, 5.41) is 6.93. The highest BCUT2D eigenvalue weighted by Crippen LogP contribution is 2.35. The molecule has 1 amide bonds. The lowest BCUT2D eigenvalue weighted by atomic mass is 10.2. The van der Waals surface area contributed by atoms with Gasteiger partial charge in [-0.05, 0) is 31.2 Å². The van der Waals surface area contributed by atoms with Gasteiger partial charge in [0.15, 0.2) is 12.2 Å². The van der Waals surface area contributed by atoms with Crippen LogP contribution < -0.4 is 19.5 Å². The summed E-state index contributed by atoms with van der Waals surface area (Å²) in [6, 6.07) is 7.60. The summed E-state index contributed by atoms with van der Waals surface area (Å²) in [5.41, 5.74) is 1.29. The van der Waals surface area contributed by atoms with Crippen LogP contribution in [0.25, 0.3) is 11.0 Å². The number of methoxy groups -OCH3 is 1. The fourth-order valence-corrected chi connectivity index (χ4v) is 4.31. The molecule has 0 radical (unpaired) electrons. The number of sulfonamides is 1. The number of nitrogens with one attached hydrogen (secondary N) is 2. The average molecular weight is 484 g/mol. The van der Waals surface area contributed by atoms with E-state index in [9.17, 15) is 13.2 Å². The van der Waals surface area contributed by atoms with Gasteiger partial charge in [-0.25, -0.2) is 8.42 Å². The molecule has 2 N–H and O–H groups in total. The van der Waals surface area contributed by atoms with Crippen molar-refractivity contribution in [3.05, 3.63) is 40.5 Å². The van der Waals surface area contributed by atoms with Gasteiger partial charge in [-0.2, -0.15) is 0 Å². The van der Waals surface area contributed by atoms with Gasteiger partial charge >= 0.3 is 0 Å². The fourth-order valence-electron chi connectivity index (χ4n) is 2.56. The zero-order valence-electron chi connectivity index (χ0n) is 15.8. The number of carbonyl (C=O) groups is 1. The number of fused-ring (bicyclic) bond motifs is 1. The molecule has 29 heavy (non-hydrogen) atoms. The van der Waals surface area contributed by atoms with Gasteiger partial charge in [0.05, 0.1) is 18.5 Å². The second kappa shape index (κ2) is 8.29. The van der Waals surface area contributed by atoms with E-state index < -0.39 is 10.0 Å². The summed E-state index contributed by atoms with van der Waals surface area (Å²) in [5.74, 6) is -0.0927. The lowest BCUT2D eigenvalue weighted by Gasteiger charge is -2.15. The summed E-state index contributed by atoms with van der Waals surface area (Å²) in [6.07, 6.45) is 0. The standard InChI is InChI=1S/C18H18BrN3O6S/c1-10-12-7-13(16(26-3)8-15(12)28-21-10)22-29(24,25)17-6-11(19)4-5-14(17)27-9-18(23)20-2/h4-8,22H,9H2,1-3H3,(H,20,23). The molecule has 1 heterocycles. The number of anilines is 1. The lowest BCUT2D eigenvalue weighted by molar-refractivity contribution is -0.122. The quantitative estimate of drug-likeness (QED) is 0.529. The number of aromatic nitrogens is 1. The largest absolute Gasteiger partial charge is 0.494 e. The smallest absolute Gasteiger partial charge is 0.265 e. The van der Waals surface area contributed by atoms with Crippen molar-refractivity contribution in [1.29, 1.82) is 0 Å².